The molecule has 1 aromatic rings. The summed E-state index contributed by atoms with van der Waals surface area (Å²) in [5, 5.41) is 0. The van der Waals surface area contributed by atoms with Gasteiger partial charge in [-0.3, -0.25) is 0 Å². The Labute approximate surface area is 73.1 Å². The van der Waals surface area contributed by atoms with Crippen molar-refractivity contribution in [3.8, 4) is 0 Å². The van der Waals surface area contributed by atoms with Crippen LogP contribution in [0.15, 0.2) is 24.3 Å². The van der Waals surface area contributed by atoms with Crippen LogP contribution in [0, 0.1) is 6.92 Å². The molecular weight excluding hydrogens is 164 g/mol. The van der Waals surface area contributed by atoms with Crippen LogP contribution in [-0.4, -0.2) is 0 Å². The summed E-state index contributed by atoms with van der Waals surface area (Å²) in [6, 6.07) is 8.49. The van der Waals surface area contributed by atoms with Gasteiger partial charge >= 0.3 is 0 Å². The predicted molar refractivity (Wildman–Crippen MR) is 40.6 cm³/mol. The van der Waals surface area contributed by atoms with Crippen LogP contribution in [0.2, 0.25) is 0 Å². The normalized spacial score (nSPS) is 8.60. The molecule has 0 saturated heterocycles. The summed E-state index contributed by atoms with van der Waals surface area (Å²) in [5.41, 5.74) is 2.86. The summed E-state index contributed by atoms with van der Waals surface area (Å²) in [7, 11) is 0. The van der Waals surface area contributed by atoms with E-state index in [9.17, 15) is 0 Å². The first-order valence-corrected chi connectivity index (χ1v) is 3.39. The van der Waals surface area contributed by atoms with Gasteiger partial charge in [-0.1, -0.05) is 31.2 Å². The van der Waals surface area contributed by atoms with Gasteiger partial charge in [0.05, 0.1) is 0 Å². The molecular formula is C9H12Fe. The molecule has 1 heteroatoms. The average molecular weight is 176 g/mol. The van der Waals surface area contributed by atoms with Crippen LogP contribution in [0.1, 0.15) is 18.1 Å². The molecule has 0 aliphatic rings. The van der Waals surface area contributed by atoms with Crippen LogP contribution in [0.25, 0.3) is 0 Å². The molecule has 0 aromatic heterocycles. The number of rotatable bonds is 1. The van der Waals surface area contributed by atoms with E-state index in [1.807, 2.05) is 0 Å². The van der Waals surface area contributed by atoms with E-state index in [-0.39, 0.29) is 17.1 Å². The van der Waals surface area contributed by atoms with Crippen LogP contribution in [-0.2, 0) is 23.5 Å². The Morgan fingerprint density at radius 2 is 1.80 bits per heavy atom. The fourth-order valence-corrected chi connectivity index (χ4v) is 1.01. The minimum absolute atomic E-state index is 0. The number of benzene rings is 1. The van der Waals surface area contributed by atoms with Crippen molar-refractivity contribution in [1.82, 2.24) is 0 Å². The fraction of sp³-hybridized carbons (Fsp3) is 0.333. The molecule has 1 rings (SSSR count). The zero-order chi connectivity index (χ0) is 6.69. The smallest absolute Gasteiger partial charge is 0 e. The summed E-state index contributed by atoms with van der Waals surface area (Å²) < 4.78 is 0. The van der Waals surface area contributed by atoms with Crippen LogP contribution < -0.4 is 0 Å². The van der Waals surface area contributed by atoms with Gasteiger partial charge in [0.2, 0.25) is 0 Å². The molecule has 1 aromatic carbocycles. The third-order valence-corrected chi connectivity index (χ3v) is 1.64. The Morgan fingerprint density at radius 3 is 2.20 bits per heavy atom. The second kappa shape index (κ2) is 4.54. The van der Waals surface area contributed by atoms with Gasteiger partial charge in [-0.25, -0.2) is 0 Å². The summed E-state index contributed by atoms with van der Waals surface area (Å²) in [4.78, 5) is 0. The minimum Gasteiger partial charge on any atom is -0.0620 e. The molecule has 0 heterocycles. The summed E-state index contributed by atoms with van der Waals surface area (Å²) in [6.07, 6.45) is 1.15. The molecule has 0 aliphatic carbocycles. The third-order valence-electron chi connectivity index (χ3n) is 1.64. The van der Waals surface area contributed by atoms with E-state index in [1.165, 1.54) is 11.1 Å². The Hall–Kier alpha value is -0.261. The maximum Gasteiger partial charge on any atom is 0 e. The van der Waals surface area contributed by atoms with Crippen molar-refractivity contribution in [3.63, 3.8) is 0 Å². The number of hydrogen-bond donors (Lipinski definition) is 0. The van der Waals surface area contributed by atoms with Crippen LogP contribution in [0.3, 0.4) is 0 Å². The van der Waals surface area contributed by atoms with E-state index in [4.69, 9.17) is 0 Å². The number of hydrogen-bond acceptors (Lipinski definition) is 0. The van der Waals surface area contributed by atoms with Crippen molar-refractivity contribution in [2.75, 3.05) is 0 Å². The maximum atomic E-state index is 2.18. The van der Waals surface area contributed by atoms with Crippen molar-refractivity contribution in [2.45, 2.75) is 20.3 Å². The van der Waals surface area contributed by atoms with Crippen LogP contribution in [0.4, 0.5) is 0 Å². The standard InChI is InChI=1S/C9H12.Fe/c1-3-9-7-5-4-6-8(9)2;/h4-7H,3H2,1-2H3;. The molecule has 0 nitrogen and oxygen atoms in total. The number of aryl methyl sites for hydroxylation is 2. The first-order chi connectivity index (χ1) is 4.34. The van der Waals surface area contributed by atoms with E-state index >= 15 is 0 Å². The molecule has 10 heavy (non-hydrogen) atoms. The van der Waals surface area contributed by atoms with Crippen molar-refractivity contribution in [1.29, 1.82) is 0 Å². The Morgan fingerprint density at radius 1 is 1.20 bits per heavy atom. The molecule has 0 aliphatic heterocycles. The van der Waals surface area contributed by atoms with Crippen LogP contribution >= 0.6 is 0 Å². The van der Waals surface area contributed by atoms with Gasteiger partial charge < -0.3 is 0 Å². The molecule has 0 unspecified atom stereocenters. The van der Waals surface area contributed by atoms with Crippen molar-refractivity contribution < 1.29 is 17.1 Å². The Kier molecular flexibility index (Phi) is 4.42. The van der Waals surface area contributed by atoms with Gasteiger partial charge in [-0.15, -0.1) is 0 Å². The first-order valence-electron chi connectivity index (χ1n) is 3.39. The zero-order valence-electron chi connectivity index (χ0n) is 6.37. The molecule has 0 spiro atoms. The second-order valence-electron chi connectivity index (χ2n) is 2.28. The molecule has 0 fully saturated rings. The van der Waals surface area contributed by atoms with Crippen LogP contribution in [0.5, 0.6) is 0 Å². The van der Waals surface area contributed by atoms with E-state index in [0.717, 1.165) is 6.42 Å². The van der Waals surface area contributed by atoms with Crippen molar-refractivity contribution >= 4 is 0 Å². The molecule has 0 N–H and O–H groups in total. The zero-order valence-corrected chi connectivity index (χ0v) is 7.47. The maximum absolute atomic E-state index is 2.18. The molecule has 0 bridgehead atoms. The summed E-state index contributed by atoms with van der Waals surface area (Å²) >= 11 is 0. The summed E-state index contributed by atoms with van der Waals surface area (Å²) in [6.45, 7) is 4.33. The molecule has 0 atom stereocenters. The SMILES string of the molecule is CCc1ccccc1C.[Fe]. The average Bonchev–Trinajstić information content (AvgIpc) is 1.89. The molecule has 0 amide bonds. The Bertz CT molecular complexity index is 194. The van der Waals surface area contributed by atoms with Crippen molar-refractivity contribution in [3.05, 3.63) is 35.4 Å². The van der Waals surface area contributed by atoms with Gasteiger partial charge in [0.15, 0.2) is 0 Å². The summed E-state index contributed by atoms with van der Waals surface area (Å²) in [5.74, 6) is 0. The van der Waals surface area contributed by atoms with Gasteiger partial charge in [0.1, 0.15) is 0 Å². The largest absolute Gasteiger partial charge is 0.0620 e. The van der Waals surface area contributed by atoms with Gasteiger partial charge in [-0.05, 0) is 24.5 Å². The topological polar surface area (TPSA) is 0 Å². The molecule has 56 valence electrons. The third kappa shape index (κ3) is 2.17. The Balaban J connectivity index is 0.000000810. The van der Waals surface area contributed by atoms with E-state index in [1.54, 1.807) is 0 Å². The quantitative estimate of drug-likeness (QED) is 0.576. The second-order valence-corrected chi connectivity index (χ2v) is 2.28. The van der Waals surface area contributed by atoms with E-state index < -0.39 is 0 Å². The van der Waals surface area contributed by atoms with E-state index in [0.29, 0.717) is 0 Å². The van der Waals surface area contributed by atoms with Gasteiger partial charge in [-0.2, -0.15) is 0 Å². The first kappa shape index (κ1) is 9.74. The molecule has 0 saturated carbocycles. The van der Waals surface area contributed by atoms with E-state index in [2.05, 4.69) is 38.1 Å². The van der Waals surface area contributed by atoms with Gasteiger partial charge in [0.25, 0.3) is 0 Å². The minimum atomic E-state index is 0. The fourth-order valence-electron chi connectivity index (χ4n) is 1.01. The van der Waals surface area contributed by atoms with Gasteiger partial charge in [0, 0.05) is 17.1 Å². The molecule has 0 radical (unpaired) electrons. The monoisotopic (exact) mass is 176 g/mol. The van der Waals surface area contributed by atoms with Crippen molar-refractivity contribution in [2.24, 2.45) is 0 Å². The predicted octanol–water partition coefficient (Wildman–Crippen LogP) is 2.55.